The molecule has 0 heterocycles. The van der Waals surface area contributed by atoms with Crippen molar-refractivity contribution in [3.63, 3.8) is 0 Å². The second-order valence-electron chi connectivity index (χ2n) is 9.06. The van der Waals surface area contributed by atoms with Crippen molar-refractivity contribution in [2.45, 2.75) is 59.0 Å². The third kappa shape index (κ3) is 9.55. The molecule has 0 radical (unpaired) electrons. The molecular weight excluding hydrogens is 506 g/mol. The minimum Gasteiger partial charge on any atom is -0.497 e. The number of sulfonamides is 1. The number of unbranched alkanes of at least 4 members (excludes halogenated alkanes) is 1. The molecule has 0 aliphatic carbocycles. The molecule has 38 heavy (non-hydrogen) atoms. The fraction of sp³-hybridized carbons (Fsp3) is 0.500. The lowest BCUT2D eigenvalue weighted by Crippen LogP contribution is -2.48. The van der Waals surface area contributed by atoms with Gasteiger partial charge in [0.15, 0.2) is 0 Å². The summed E-state index contributed by atoms with van der Waals surface area (Å²) in [6.07, 6.45) is 3.32. The second kappa shape index (κ2) is 15.2. The van der Waals surface area contributed by atoms with E-state index >= 15 is 0 Å². The van der Waals surface area contributed by atoms with Gasteiger partial charge in [0.25, 0.3) is 0 Å². The molecule has 0 bridgehead atoms. The molecule has 0 fully saturated rings. The third-order valence-electron chi connectivity index (χ3n) is 6.07. The quantitative estimate of drug-likeness (QED) is 0.319. The fourth-order valence-corrected chi connectivity index (χ4v) is 4.93. The van der Waals surface area contributed by atoms with E-state index in [1.165, 1.54) is 9.21 Å². The van der Waals surface area contributed by atoms with Gasteiger partial charge < -0.3 is 19.7 Å². The zero-order chi connectivity index (χ0) is 28.1. The molecule has 1 atom stereocenters. The van der Waals surface area contributed by atoms with Gasteiger partial charge in [-0.2, -0.15) is 0 Å². The average molecular weight is 548 g/mol. The Hall–Kier alpha value is -3.27. The van der Waals surface area contributed by atoms with Gasteiger partial charge in [0, 0.05) is 26.1 Å². The molecular formula is C28H41N3O6S. The molecule has 0 aromatic heterocycles. The van der Waals surface area contributed by atoms with Gasteiger partial charge in [-0.05, 0) is 68.7 Å². The van der Waals surface area contributed by atoms with Gasteiger partial charge >= 0.3 is 0 Å². The summed E-state index contributed by atoms with van der Waals surface area (Å²) >= 11 is 0. The molecule has 0 aliphatic heterocycles. The maximum absolute atomic E-state index is 13.4. The molecule has 0 saturated carbocycles. The zero-order valence-corrected chi connectivity index (χ0v) is 23.9. The van der Waals surface area contributed by atoms with Crippen LogP contribution in [0.25, 0.3) is 0 Å². The van der Waals surface area contributed by atoms with E-state index in [1.807, 2.05) is 38.1 Å². The molecule has 0 spiro atoms. The number of anilines is 1. The Labute approximate surface area is 227 Å². The Bertz CT molecular complexity index is 1140. The smallest absolute Gasteiger partial charge is 0.242 e. The number of nitrogens with zero attached hydrogens (tertiary/aromatic N) is 2. The van der Waals surface area contributed by atoms with Gasteiger partial charge in [-0.1, -0.05) is 25.5 Å². The minimum atomic E-state index is -3.57. The van der Waals surface area contributed by atoms with Crippen LogP contribution in [0, 0.1) is 0 Å². The first-order valence-electron chi connectivity index (χ1n) is 13.0. The van der Waals surface area contributed by atoms with Crippen LogP contribution in [0.3, 0.4) is 0 Å². The Balaban J connectivity index is 2.15. The van der Waals surface area contributed by atoms with Crippen LogP contribution in [0.15, 0.2) is 48.5 Å². The molecule has 2 aromatic carbocycles. The molecule has 2 amide bonds. The first-order chi connectivity index (χ1) is 18.1. The maximum Gasteiger partial charge on any atom is 0.242 e. The summed E-state index contributed by atoms with van der Waals surface area (Å²) in [5.74, 6) is 0.862. The van der Waals surface area contributed by atoms with Crippen molar-refractivity contribution in [3.8, 4) is 11.5 Å². The molecule has 210 valence electrons. The van der Waals surface area contributed by atoms with Crippen LogP contribution in [-0.4, -0.2) is 64.2 Å². The number of benzene rings is 2. The van der Waals surface area contributed by atoms with E-state index in [2.05, 4.69) is 5.32 Å². The molecule has 0 aliphatic rings. The summed E-state index contributed by atoms with van der Waals surface area (Å²) in [5.41, 5.74) is 1.33. The van der Waals surface area contributed by atoms with Gasteiger partial charge in [-0.25, -0.2) is 8.42 Å². The molecule has 2 rings (SSSR count). The molecule has 10 heteroatoms. The van der Waals surface area contributed by atoms with Gasteiger partial charge in [-0.15, -0.1) is 0 Å². The summed E-state index contributed by atoms with van der Waals surface area (Å²) in [6.45, 7) is 7.05. The predicted molar refractivity (Wildman–Crippen MR) is 150 cm³/mol. The minimum absolute atomic E-state index is 0.0829. The summed E-state index contributed by atoms with van der Waals surface area (Å²) in [7, 11) is -2.00. The van der Waals surface area contributed by atoms with Crippen LogP contribution in [0.2, 0.25) is 0 Å². The summed E-state index contributed by atoms with van der Waals surface area (Å²) in [5, 5.41) is 2.90. The van der Waals surface area contributed by atoms with Crippen molar-refractivity contribution in [1.29, 1.82) is 0 Å². The van der Waals surface area contributed by atoms with E-state index in [0.29, 0.717) is 30.3 Å². The normalized spacial score (nSPS) is 11.9. The van der Waals surface area contributed by atoms with E-state index in [0.717, 1.165) is 24.7 Å². The van der Waals surface area contributed by atoms with Crippen LogP contribution in [-0.2, 0) is 26.2 Å². The van der Waals surface area contributed by atoms with Crippen molar-refractivity contribution < 1.29 is 27.5 Å². The van der Waals surface area contributed by atoms with Crippen LogP contribution >= 0.6 is 0 Å². The first kappa shape index (κ1) is 31.0. The monoisotopic (exact) mass is 547 g/mol. The molecule has 1 N–H and O–H groups in total. The number of methoxy groups -OCH3 is 1. The van der Waals surface area contributed by atoms with E-state index in [9.17, 15) is 18.0 Å². The number of carbonyl (C=O) groups excluding carboxylic acids is 2. The lowest BCUT2D eigenvalue weighted by Gasteiger charge is -2.29. The van der Waals surface area contributed by atoms with Crippen LogP contribution in [0.4, 0.5) is 5.69 Å². The van der Waals surface area contributed by atoms with Gasteiger partial charge in [0.2, 0.25) is 21.8 Å². The molecule has 0 saturated heterocycles. The van der Waals surface area contributed by atoms with E-state index in [1.54, 1.807) is 38.3 Å². The highest BCUT2D eigenvalue weighted by Gasteiger charge is 2.26. The number of amides is 2. The number of nitrogens with one attached hydrogen (secondary N) is 1. The lowest BCUT2D eigenvalue weighted by atomic mass is 10.1. The molecule has 1 unspecified atom stereocenters. The predicted octanol–water partition coefficient (Wildman–Crippen LogP) is 3.97. The second-order valence-corrected chi connectivity index (χ2v) is 11.0. The van der Waals surface area contributed by atoms with E-state index < -0.39 is 16.1 Å². The third-order valence-corrected chi connectivity index (χ3v) is 7.27. The zero-order valence-electron chi connectivity index (χ0n) is 23.1. The first-order valence-corrected chi connectivity index (χ1v) is 14.9. The van der Waals surface area contributed by atoms with Crippen molar-refractivity contribution in [2.75, 3.05) is 37.4 Å². The van der Waals surface area contributed by atoms with E-state index in [4.69, 9.17) is 9.47 Å². The molecule has 2 aromatic rings. The summed E-state index contributed by atoms with van der Waals surface area (Å²) < 4.78 is 37.0. The number of hydrogen-bond acceptors (Lipinski definition) is 6. The highest BCUT2D eigenvalue weighted by molar-refractivity contribution is 7.92. The average Bonchev–Trinajstić information content (AvgIpc) is 2.89. The number of rotatable bonds is 16. The van der Waals surface area contributed by atoms with Crippen molar-refractivity contribution in [3.05, 3.63) is 54.1 Å². The summed E-state index contributed by atoms with van der Waals surface area (Å²) in [4.78, 5) is 27.8. The van der Waals surface area contributed by atoms with Crippen molar-refractivity contribution >= 4 is 27.5 Å². The summed E-state index contributed by atoms with van der Waals surface area (Å²) in [6, 6.07) is 13.5. The Morgan fingerprint density at radius 3 is 2.34 bits per heavy atom. The fourth-order valence-electron chi connectivity index (χ4n) is 3.97. The SMILES string of the molecule is CCCCNC(=O)C(C)N(Cc1cccc(OC)c1)C(=O)CCCN(c1ccc(OCC)cc1)S(C)(=O)=O. The lowest BCUT2D eigenvalue weighted by molar-refractivity contribution is -0.140. The Kier molecular flexibility index (Phi) is 12.4. The van der Waals surface area contributed by atoms with Crippen LogP contribution in [0.5, 0.6) is 11.5 Å². The van der Waals surface area contributed by atoms with Crippen molar-refractivity contribution in [2.24, 2.45) is 0 Å². The maximum atomic E-state index is 13.4. The topological polar surface area (TPSA) is 105 Å². The molecule has 9 nitrogen and oxygen atoms in total. The van der Waals surface area contributed by atoms with Crippen LogP contribution in [0.1, 0.15) is 52.0 Å². The highest BCUT2D eigenvalue weighted by atomic mass is 32.2. The largest absolute Gasteiger partial charge is 0.497 e. The highest BCUT2D eigenvalue weighted by Crippen LogP contribution is 2.23. The van der Waals surface area contributed by atoms with Gasteiger partial charge in [0.05, 0.1) is 25.7 Å². The number of carbonyl (C=O) groups is 2. The van der Waals surface area contributed by atoms with Crippen molar-refractivity contribution in [1.82, 2.24) is 10.2 Å². The standard InChI is InChI=1S/C28H41N3O6S/c1-6-8-18-29-28(33)22(3)30(21-23-11-9-12-26(20-23)36-4)27(32)13-10-19-31(38(5,34)35)24-14-16-25(17-15-24)37-7-2/h9,11-12,14-17,20,22H,6-8,10,13,18-19,21H2,1-5H3,(H,29,33). The Morgan fingerprint density at radius 2 is 1.74 bits per heavy atom. The van der Waals surface area contributed by atoms with Gasteiger partial charge in [-0.3, -0.25) is 13.9 Å². The Morgan fingerprint density at radius 1 is 1.03 bits per heavy atom. The number of hydrogen-bond donors (Lipinski definition) is 1. The van der Waals surface area contributed by atoms with E-state index in [-0.39, 0.29) is 37.7 Å². The number of ether oxygens (including phenoxy) is 2. The van der Waals surface area contributed by atoms with Gasteiger partial charge in [0.1, 0.15) is 17.5 Å². The van der Waals surface area contributed by atoms with Crippen LogP contribution < -0.4 is 19.1 Å².